The van der Waals surface area contributed by atoms with Crippen molar-refractivity contribution in [2.45, 2.75) is 70.9 Å². The summed E-state index contributed by atoms with van der Waals surface area (Å²) >= 11 is 0. The Morgan fingerprint density at radius 1 is 1.16 bits per heavy atom. The fourth-order valence-electron chi connectivity index (χ4n) is 2.94. The summed E-state index contributed by atoms with van der Waals surface area (Å²) in [5, 5.41) is 2.57. The first-order chi connectivity index (χ1) is 12.0. The van der Waals surface area contributed by atoms with Crippen molar-refractivity contribution in [2.75, 3.05) is 6.54 Å². The Labute approximate surface area is 151 Å². The number of nitrogens with one attached hydrogen (secondary N) is 1. The number of nitrogens with zero attached hydrogens (tertiary/aromatic N) is 1. The van der Waals surface area contributed by atoms with Crippen LogP contribution >= 0.6 is 0 Å². The number of nitrogens with two attached hydrogens (primary N) is 1. The molecule has 1 aliphatic carbocycles. The predicted molar refractivity (Wildman–Crippen MR) is 100 cm³/mol. The van der Waals surface area contributed by atoms with Gasteiger partial charge in [0.15, 0.2) is 0 Å². The average Bonchev–Trinajstić information content (AvgIpc) is 3.40. The van der Waals surface area contributed by atoms with Gasteiger partial charge in [0.25, 0.3) is 0 Å². The second-order valence-electron chi connectivity index (χ2n) is 7.25. The summed E-state index contributed by atoms with van der Waals surface area (Å²) in [6.45, 7) is 5.67. The molecule has 0 bridgehead atoms. The van der Waals surface area contributed by atoms with Gasteiger partial charge >= 0.3 is 6.03 Å². The van der Waals surface area contributed by atoms with Gasteiger partial charge in [-0.1, -0.05) is 44.5 Å². The van der Waals surface area contributed by atoms with Gasteiger partial charge in [-0.25, -0.2) is 4.79 Å². The third-order valence-corrected chi connectivity index (χ3v) is 4.67. The van der Waals surface area contributed by atoms with Crippen LogP contribution < -0.4 is 11.1 Å². The number of primary amides is 1. The average molecular weight is 345 g/mol. The van der Waals surface area contributed by atoms with Gasteiger partial charge in [-0.05, 0) is 42.7 Å². The summed E-state index contributed by atoms with van der Waals surface area (Å²) in [5.74, 6) is 0.776. The maximum absolute atomic E-state index is 12.6. The summed E-state index contributed by atoms with van der Waals surface area (Å²) in [7, 11) is 0. The fourth-order valence-corrected chi connectivity index (χ4v) is 2.94. The minimum Gasteiger partial charge on any atom is -0.352 e. The van der Waals surface area contributed by atoms with Crippen molar-refractivity contribution in [1.29, 1.82) is 0 Å². The van der Waals surface area contributed by atoms with Crippen molar-refractivity contribution in [1.82, 2.24) is 10.2 Å². The van der Waals surface area contributed by atoms with Gasteiger partial charge in [0.1, 0.15) is 0 Å². The molecule has 5 nitrogen and oxygen atoms in total. The molecular formula is C20H31N3O2. The molecule has 5 heteroatoms. The Morgan fingerprint density at radius 2 is 1.84 bits per heavy atom. The highest BCUT2D eigenvalue weighted by Crippen LogP contribution is 2.29. The minimum atomic E-state index is -0.487. The van der Waals surface area contributed by atoms with E-state index in [-0.39, 0.29) is 5.91 Å². The molecule has 1 aromatic carbocycles. The molecule has 0 spiro atoms. The number of hydrogen-bond donors (Lipinski definition) is 2. The zero-order valence-electron chi connectivity index (χ0n) is 15.5. The van der Waals surface area contributed by atoms with Crippen molar-refractivity contribution in [3.8, 4) is 0 Å². The number of carbonyl (C=O) groups is 2. The molecule has 0 aliphatic heterocycles. The van der Waals surface area contributed by atoms with Crippen molar-refractivity contribution in [3.63, 3.8) is 0 Å². The predicted octanol–water partition coefficient (Wildman–Crippen LogP) is 3.53. The number of amides is 3. The van der Waals surface area contributed by atoms with Gasteiger partial charge < -0.3 is 16.0 Å². The lowest BCUT2D eigenvalue weighted by molar-refractivity contribution is -0.132. The highest BCUT2D eigenvalue weighted by atomic mass is 16.2. The quantitative estimate of drug-likeness (QED) is 0.637. The standard InChI is InChI=1S/C20H31N3O2/c1-15(2)17-9-7-16(8-10-17)14-23(18-11-12-18)19(24)6-4-3-5-13-22-20(21)25/h7-10,15,18H,3-6,11-14H2,1-2H3,(H3,21,22,25). The second kappa shape index (κ2) is 9.44. The number of benzene rings is 1. The number of urea groups is 1. The van der Waals surface area contributed by atoms with Crippen LogP contribution in [0, 0.1) is 0 Å². The van der Waals surface area contributed by atoms with E-state index < -0.39 is 6.03 Å². The minimum absolute atomic E-state index is 0.248. The molecule has 1 aliphatic rings. The van der Waals surface area contributed by atoms with Crippen LogP contribution in [0.3, 0.4) is 0 Å². The first-order valence-electron chi connectivity index (χ1n) is 9.39. The number of carbonyl (C=O) groups excluding carboxylic acids is 2. The monoisotopic (exact) mass is 345 g/mol. The fraction of sp³-hybridized carbons (Fsp3) is 0.600. The Kier molecular flexibility index (Phi) is 7.29. The van der Waals surface area contributed by atoms with Crippen LogP contribution in [0.2, 0.25) is 0 Å². The third kappa shape index (κ3) is 6.77. The molecule has 0 aromatic heterocycles. The van der Waals surface area contributed by atoms with E-state index in [0.717, 1.165) is 32.1 Å². The lowest BCUT2D eigenvalue weighted by Crippen LogP contribution is -2.32. The van der Waals surface area contributed by atoms with Crippen molar-refractivity contribution in [2.24, 2.45) is 5.73 Å². The van der Waals surface area contributed by atoms with Gasteiger partial charge in [-0.3, -0.25) is 4.79 Å². The Hall–Kier alpha value is -2.04. The third-order valence-electron chi connectivity index (χ3n) is 4.67. The summed E-state index contributed by atoms with van der Waals surface area (Å²) in [6, 6.07) is 8.57. The molecule has 0 unspecified atom stereocenters. The Morgan fingerprint density at radius 3 is 2.40 bits per heavy atom. The van der Waals surface area contributed by atoms with Gasteiger partial charge in [0, 0.05) is 25.6 Å². The van der Waals surface area contributed by atoms with Crippen LogP contribution in [0.5, 0.6) is 0 Å². The van der Waals surface area contributed by atoms with Crippen molar-refractivity contribution in [3.05, 3.63) is 35.4 Å². The van der Waals surface area contributed by atoms with Crippen LogP contribution in [-0.2, 0) is 11.3 Å². The second-order valence-corrected chi connectivity index (χ2v) is 7.25. The molecule has 25 heavy (non-hydrogen) atoms. The van der Waals surface area contributed by atoms with E-state index in [4.69, 9.17) is 5.73 Å². The zero-order valence-corrected chi connectivity index (χ0v) is 15.5. The molecule has 0 radical (unpaired) electrons. The summed E-state index contributed by atoms with van der Waals surface area (Å²) in [6.07, 6.45) is 5.46. The molecule has 0 atom stereocenters. The van der Waals surface area contributed by atoms with Crippen LogP contribution in [0.4, 0.5) is 4.79 Å². The smallest absolute Gasteiger partial charge is 0.312 e. The summed E-state index contributed by atoms with van der Waals surface area (Å²) < 4.78 is 0. The summed E-state index contributed by atoms with van der Waals surface area (Å²) in [5.41, 5.74) is 7.56. The van der Waals surface area contributed by atoms with Crippen molar-refractivity contribution >= 4 is 11.9 Å². The molecule has 0 heterocycles. The molecule has 2 rings (SSSR count). The van der Waals surface area contributed by atoms with E-state index in [1.807, 2.05) is 4.90 Å². The number of rotatable bonds is 10. The number of hydrogen-bond acceptors (Lipinski definition) is 2. The van der Waals surface area contributed by atoms with Gasteiger partial charge in [-0.2, -0.15) is 0 Å². The van der Waals surface area contributed by atoms with E-state index in [1.165, 1.54) is 11.1 Å². The molecule has 3 N–H and O–H groups in total. The molecule has 1 fully saturated rings. The highest BCUT2D eigenvalue weighted by molar-refractivity contribution is 5.76. The summed E-state index contributed by atoms with van der Waals surface area (Å²) in [4.78, 5) is 25.2. The maximum Gasteiger partial charge on any atom is 0.312 e. The highest BCUT2D eigenvalue weighted by Gasteiger charge is 2.32. The SMILES string of the molecule is CC(C)c1ccc(CN(C(=O)CCCCCNC(N)=O)C2CC2)cc1. The van der Waals surface area contributed by atoms with E-state index in [9.17, 15) is 9.59 Å². The van der Waals surface area contributed by atoms with Gasteiger partial charge in [0.2, 0.25) is 5.91 Å². The lowest BCUT2D eigenvalue weighted by Gasteiger charge is -2.23. The molecular weight excluding hydrogens is 314 g/mol. The first-order valence-corrected chi connectivity index (χ1v) is 9.39. The molecule has 0 saturated heterocycles. The van der Waals surface area contributed by atoms with Crippen LogP contribution in [-0.4, -0.2) is 29.4 Å². The van der Waals surface area contributed by atoms with E-state index in [1.54, 1.807) is 0 Å². The molecule has 1 saturated carbocycles. The largest absolute Gasteiger partial charge is 0.352 e. The zero-order chi connectivity index (χ0) is 18.2. The molecule has 138 valence electrons. The Bertz CT molecular complexity index is 565. The topological polar surface area (TPSA) is 75.4 Å². The molecule has 3 amide bonds. The van der Waals surface area contributed by atoms with E-state index in [0.29, 0.717) is 31.5 Å². The van der Waals surface area contributed by atoms with Crippen LogP contribution in [0.1, 0.15) is 69.4 Å². The van der Waals surface area contributed by atoms with E-state index in [2.05, 4.69) is 43.4 Å². The van der Waals surface area contributed by atoms with Crippen LogP contribution in [0.15, 0.2) is 24.3 Å². The van der Waals surface area contributed by atoms with Gasteiger partial charge in [-0.15, -0.1) is 0 Å². The lowest BCUT2D eigenvalue weighted by atomic mass is 10.0. The van der Waals surface area contributed by atoms with Crippen LogP contribution in [0.25, 0.3) is 0 Å². The first kappa shape index (κ1) is 19.3. The Balaban J connectivity index is 1.77. The van der Waals surface area contributed by atoms with E-state index >= 15 is 0 Å². The van der Waals surface area contributed by atoms with Crippen molar-refractivity contribution < 1.29 is 9.59 Å². The van der Waals surface area contributed by atoms with Gasteiger partial charge in [0.05, 0.1) is 0 Å². The maximum atomic E-state index is 12.6. The number of unbranched alkanes of at least 4 members (excludes halogenated alkanes) is 2. The molecule has 1 aromatic rings. The normalized spacial score (nSPS) is 13.7.